The van der Waals surface area contributed by atoms with Crippen LogP contribution in [0.3, 0.4) is 0 Å². The molecule has 0 saturated carbocycles. The number of fused-ring (bicyclic) bond motifs is 6. The molecule has 1 atom stereocenters. The average Bonchev–Trinajstić information content (AvgIpc) is 1.50. The highest BCUT2D eigenvalue weighted by Gasteiger charge is 2.53. The fraction of sp³-hybridized carbons (Fsp3) is 0.241. The molecule has 2 heterocycles. The lowest BCUT2D eigenvalue weighted by Gasteiger charge is -2.35. The monoisotopic (exact) mass is 1250 g/mol. The maximum Gasteiger partial charge on any atom is 0.346 e. The van der Waals surface area contributed by atoms with E-state index < -0.39 is 16.8 Å². The molecule has 4 nitrogen and oxygen atoms in total. The third-order valence-electron chi connectivity index (χ3n) is 19.6. The van der Waals surface area contributed by atoms with E-state index in [9.17, 15) is 15.2 Å². The summed E-state index contributed by atoms with van der Waals surface area (Å²) in [4.78, 5) is 19.2. The van der Waals surface area contributed by atoms with Crippen LogP contribution >= 0.6 is 22.7 Å². The van der Waals surface area contributed by atoms with Crippen molar-refractivity contribution in [2.45, 2.75) is 135 Å². The minimum Gasteiger partial charge on any atom is -0.477 e. The lowest BCUT2D eigenvalue weighted by molar-refractivity contribution is -0.132. The molecule has 13 rings (SSSR count). The van der Waals surface area contributed by atoms with Crippen LogP contribution in [0.2, 0.25) is 0 Å². The molecule has 0 amide bonds. The van der Waals surface area contributed by atoms with Crippen molar-refractivity contribution in [3.05, 3.63) is 308 Å². The Kier molecular flexibility index (Phi) is 18.9. The van der Waals surface area contributed by atoms with Gasteiger partial charge in [0, 0.05) is 36.6 Å². The standard InChI is InChI=1S/C87H82N2O2S2/c1-5-8-11-16-23-61-34-46-69(47-35-61)86(68-44-30-60(4)31-45-68)77-55-76-78(56-75(77)83-79(86)57-81(92-83)65-40-32-64(33-41-65)54-67(59-88)85(90)91)87(70-48-36-62(37-49-70)24-17-12-9-6-2,71-50-38-63(39-51-71)25-18-13-10-7-3)80-58-82(93-84(76)80)66-42-52-74(53-43-66)89(72-26-19-14-20-27-72)73-28-21-15-22-29-73/h14-15,19-22,26-58H,5-13,16-18,23-25H2,1-4H3,(H,90,91). The molecule has 0 saturated heterocycles. The second-order valence-electron chi connectivity index (χ2n) is 25.7. The summed E-state index contributed by atoms with van der Waals surface area (Å²) in [5.41, 5.74) is 22.6. The minimum atomic E-state index is -1.23. The zero-order valence-corrected chi connectivity index (χ0v) is 55.8. The molecule has 0 bridgehead atoms. The smallest absolute Gasteiger partial charge is 0.346 e. The van der Waals surface area contributed by atoms with Gasteiger partial charge in [0.25, 0.3) is 0 Å². The van der Waals surface area contributed by atoms with E-state index in [2.05, 4.69) is 251 Å². The van der Waals surface area contributed by atoms with Crippen LogP contribution in [0.15, 0.2) is 236 Å². The van der Waals surface area contributed by atoms with E-state index in [0.717, 1.165) is 46.8 Å². The maximum atomic E-state index is 11.9. The van der Waals surface area contributed by atoms with Gasteiger partial charge in [-0.1, -0.05) is 254 Å². The van der Waals surface area contributed by atoms with Gasteiger partial charge in [0.05, 0.1) is 10.8 Å². The number of thiophene rings is 2. The fourth-order valence-corrected chi connectivity index (χ4v) is 17.3. The molecule has 0 fully saturated rings. The molecule has 1 unspecified atom stereocenters. The number of rotatable bonds is 26. The van der Waals surface area contributed by atoms with Gasteiger partial charge in [-0.05, 0) is 201 Å². The van der Waals surface area contributed by atoms with Crippen molar-refractivity contribution >= 4 is 51.8 Å². The number of hydrogen-bond donors (Lipinski definition) is 1. The Bertz CT molecular complexity index is 4360. The van der Waals surface area contributed by atoms with E-state index in [1.807, 2.05) is 40.9 Å². The zero-order chi connectivity index (χ0) is 63.9. The molecule has 11 aromatic rings. The molecule has 0 aliphatic heterocycles. The molecule has 0 spiro atoms. The van der Waals surface area contributed by atoms with Crippen molar-refractivity contribution in [2.24, 2.45) is 0 Å². The summed E-state index contributed by atoms with van der Waals surface area (Å²) < 4.78 is 0. The summed E-state index contributed by atoms with van der Waals surface area (Å²) in [5.74, 6) is -1.23. The molecule has 9 aromatic carbocycles. The first-order valence-corrected chi connectivity index (χ1v) is 35.6. The van der Waals surface area contributed by atoms with E-state index in [0.29, 0.717) is 5.56 Å². The first-order valence-electron chi connectivity index (χ1n) is 34.0. The number of para-hydroxylation sites is 2. The first-order chi connectivity index (χ1) is 45.6. The van der Waals surface area contributed by atoms with Crippen LogP contribution < -0.4 is 4.90 Å². The third kappa shape index (κ3) is 12.2. The summed E-state index contributed by atoms with van der Waals surface area (Å²) in [6.07, 6.45) is 19.3. The Morgan fingerprint density at radius 3 is 1.17 bits per heavy atom. The van der Waals surface area contributed by atoms with Crippen molar-refractivity contribution in [3.63, 3.8) is 0 Å². The third-order valence-corrected chi connectivity index (χ3v) is 22.1. The lowest BCUT2D eigenvalue weighted by Crippen LogP contribution is -2.30. The van der Waals surface area contributed by atoms with Crippen LogP contribution in [0.25, 0.3) is 47.8 Å². The molecule has 2 aliphatic rings. The number of hydrogen-bond acceptors (Lipinski definition) is 5. The van der Waals surface area contributed by atoms with Crippen LogP contribution in [0, 0.1) is 18.3 Å². The Morgan fingerprint density at radius 2 is 0.806 bits per heavy atom. The van der Waals surface area contributed by atoms with Gasteiger partial charge in [0.2, 0.25) is 0 Å². The van der Waals surface area contributed by atoms with Crippen molar-refractivity contribution in [2.75, 3.05) is 4.90 Å². The summed E-state index contributed by atoms with van der Waals surface area (Å²) in [7, 11) is 0. The quantitative estimate of drug-likeness (QED) is 0.0333. The van der Waals surface area contributed by atoms with Crippen LogP contribution in [0.1, 0.15) is 170 Å². The molecule has 2 aromatic heterocycles. The molecule has 0 radical (unpaired) electrons. The first kappa shape index (κ1) is 62.7. The number of carboxylic acids is 1. The second kappa shape index (κ2) is 28.0. The summed E-state index contributed by atoms with van der Waals surface area (Å²) >= 11 is 3.78. The number of nitriles is 1. The van der Waals surface area contributed by atoms with E-state index in [-0.39, 0.29) is 5.57 Å². The molecular formula is C87H82N2O2S2. The highest BCUT2D eigenvalue weighted by molar-refractivity contribution is 7.19. The fourth-order valence-electron chi connectivity index (χ4n) is 14.8. The van der Waals surface area contributed by atoms with Crippen molar-refractivity contribution in [1.82, 2.24) is 0 Å². The topological polar surface area (TPSA) is 64.3 Å². The van der Waals surface area contributed by atoms with Gasteiger partial charge in [-0.15, -0.1) is 22.7 Å². The second-order valence-corrected chi connectivity index (χ2v) is 27.8. The Balaban J connectivity index is 1.06. The van der Waals surface area contributed by atoms with Gasteiger partial charge in [0.15, 0.2) is 0 Å². The molecule has 1 N–H and O–H groups in total. The molecule has 464 valence electrons. The van der Waals surface area contributed by atoms with Crippen LogP contribution in [0.5, 0.6) is 0 Å². The van der Waals surface area contributed by atoms with Gasteiger partial charge in [-0.25, -0.2) is 4.79 Å². The van der Waals surface area contributed by atoms with Crippen LogP contribution in [0.4, 0.5) is 17.1 Å². The van der Waals surface area contributed by atoms with E-state index in [1.165, 1.54) is 181 Å². The zero-order valence-electron chi connectivity index (χ0n) is 54.2. The summed E-state index contributed by atoms with van der Waals surface area (Å²) in [5, 5.41) is 19.4. The summed E-state index contributed by atoms with van der Waals surface area (Å²) in [6.45, 7) is 9.05. The molecule has 6 heteroatoms. The number of aryl methyl sites for hydroxylation is 4. The summed E-state index contributed by atoms with van der Waals surface area (Å²) in [6, 6.07) is 89.3. The SMILES string of the molecule is CCCCCCc1ccc(C2(c3ccc(C)cc3)c3cc4c(cc3-c3sc(-c5ccc(C=C(C#N)C(=O)O)cc5)cc32)C(c2ccc(CCCCCC)cc2)(c2ccc(CCCCCC)cc2)c2cc(-c3ccc(N(c5ccccc5)c5ccccc5)cc3)sc2-4)cc1. The van der Waals surface area contributed by atoms with Crippen LogP contribution in [-0.2, 0) is 34.9 Å². The lowest BCUT2D eigenvalue weighted by atomic mass is 9.65. The number of carboxylic acid groups (broad SMARTS) is 1. The molecule has 93 heavy (non-hydrogen) atoms. The number of carbonyl (C=O) groups is 1. The normalized spacial score (nSPS) is 14.3. The van der Waals surface area contributed by atoms with E-state index in [1.54, 1.807) is 0 Å². The number of aliphatic carboxylic acids is 1. The highest BCUT2D eigenvalue weighted by Crippen LogP contribution is 2.66. The van der Waals surface area contributed by atoms with Crippen molar-refractivity contribution in [3.8, 4) is 47.8 Å². The average molecular weight is 1250 g/mol. The van der Waals surface area contributed by atoms with Gasteiger partial charge in [-0.2, -0.15) is 5.26 Å². The van der Waals surface area contributed by atoms with Gasteiger partial charge < -0.3 is 10.0 Å². The van der Waals surface area contributed by atoms with Crippen molar-refractivity contribution < 1.29 is 9.90 Å². The van der Waals surface area contributed by atoms with Crippen molar-refractivity contribution in [1.29, 1.82) is 5.26 Å². The molecular weight excluding hydrogens is 1170 g/mol. The molecule has 2 aliphatic carbocycles. The highest BCUT2D eigenvalue weighted by atomic mass is 32.1. The Hall–Kier alpha value is -9.12. The number of benzene rings is 9. The predicted octanol–water partition coefficient (Wildman–Crippen LogP) is 24.0. The number of anilines is 3. The van der Waals surface area contributed by atoms with Gasteiger partial charge in [0.1, 0.15) is 11.6 Å². The number of unbranched alkanes of at least 4 members (excludes halogenated alkanes) is 9. The predicted molar refractivity (Wildman–Crippen MR) is 392 cm³/mol. The van der Waals surface area contributed by atoms with E-state index >= 15 is 0 Å². The maximum absolute atomic E-state index is 11.9. The van der Waals surface area contributed by atoms with Gasteiger partial charge in [-0.3, -0.25) is 0 Å². The Morgan fingerprint density at radius 1 is 0.441 bits per heavy atom. The van der Waals surface area contributed by atoms with E-state index in [4.69, 9.17) is 0 Å². The van der Waals surface area contributed by atoms with Crippen LogP contribution in [-0.4, -0.2) is 11.1 Å². The minimum absolute atomic E-state index is 0.293. The number of nitrogens with zero attached hydrogens (tertiary/aromatic N) is 2. The Labute approximate surface area is 559 Å². The van der Waals surface area contributed by atoms with Gasteiger partial charge >= 0.3 is 5.97 Å². The largest absolute Gasteiger partial charge is 0.477 e.